The van der Waals surface area contributed by atoms with Crippen LogP contribution in [-0.2, 0) is 17.6 Å². The van der Waals surface area contributed by atoms with Gasteiger partial charge in [0.2, 0.25) is 11.7 Å². The van der Waals surface area contributed by atoms with E-state index in [2.05, 4.69) is 16.4 Å². The van der Waals surface area contributed by atoms with Crippen molar-refractivity contribution >= 4 is 23.4 Å². The van der Waals surface area contributed by atoms with Gasteiger partial charge in [-0.25, -0.2) is 4.98 Å². The molecule has 0 radical (unpaired) electrons. The lowest BCUT2D eigenvalue weighted by molar-refractivity contribution is -0.113. The summed E-state index contributed by atoms with van der Waals surface area (Å²) >= 11 is 1.26. The van der Waals surface area contributed by atoms with Crippen molar-refractivity contribution in [3.63, 3.8) is 0 Å². The second-order valence-electron chi connectivity index (χ2n) is 6.16. The first kappa shape index (κ1) is 19.8. The number of nitrogens with one attached hydrogen (secondary N) is 1. The number of amides is 1. The number of anilines is 1. The molecule has 0 unspecified atom stereocenters. The van der Waals surface area contributed by atoms with Crippen molar-refractivity contribution in [1.82, 2.24) is 4.98 Å². The summed E-state index contributed by atoms with van der Waals surface area (Å²) in [4.78, 5) is 17.0. The van der Waals surface area contributed by atoms with E-state index in [1.54, 1.807) is 12.1 Å². The highest BCUT2D eigenvalue weighted by molar-refractivity contribution is 8.00. The van der Waals surface area contributed by atoms with E-state index >= 15 is 0 Å². The van der Waals surface area contributed by atoms with Crippen molar-refractivity contribution in [3.8, 4) is 23.3 Å². The third-order valence-electron chi connectivity index (χ3n) is 4.42. The minimum absolute atomic E-state index is 0.136. The molecule has 2 aromatic rings. The van der Waals surface area contributed by atoms with Gasteiger partial charge in [-0.05, 0) is 30.9 Å². The number of pyridine rings is 1. The summed E-state index contributed by atoms with van der Waals surface area (Å²) in [6.45, 7) is 0. The van der Waals surface area contributed by atoms with Crippen LogP contribution in [0.5, 0.6) is 17.2 Å². The molecule has 0 spiro atoms. The van der Waals surface area contributed by atoms with Crippen molar-refractivity contribution in [2.45, 2.75) is 24.3 Å². The van der Waals surface area contributed by atoms with Crippen molar-refractivity contribution < 1.29 is 19.0 Å². The van der Waals surface area contributed by atoms with E-state index in [4.69, 9.17) is 14.2 Å². The average molecular weight is 399 g/mol. The molecule has 1 aromatic carbocycles. The Morgan fingerprint density at radius 2 is 1.89 bits per heavy atom. The Kier molecular flexibility index (Phi) is 6.26. The molecule has 1 aliphatic carbocycles. The van der Waals surface area contributed by atoms with Crippen molar-refractivity contribution in [1.29, 1.82) is 5.26 Å². The van der Waals surface area contributed by atoms with Crippen LogP contribution in [0.25, 0.3) is 0 Å². The number of nitrogens with zero attached hydrogens (tertiary/aromatic N) is 2. The smallest absolute Gasteiger partial charge is 0.234 e. The standard InChI is InChI=1S/C20H21N3O4S/c1-25-16-8-14(9-17(26-2)19(16)27-3)22-18(24)11-28-20-13(10-21)7-12-5-4-6-15(12)23-20/h7-9H,4-6,11H2,1-3H3,(H,22,24). The number of benzene rings is 1. The molecular weight excluding hydrogens is 378 g/mol. The topological polar surface area (TPSA) is 93.5 Å². The van der Waals surface area contributed by atoms with Gasteiger partial charge in [0.1, 0.15) is 11.1 Å². The van der Waals surface area contributed by atoms with Gasteiger partial charge < -0.3 is 19.5 Å². The number of aromatic nitrogens is 1. The van der Waals surface area contributed by atoms with Crippen LogP contribution in [0.3, 0.4) is 0 Å². The van der Waals surface area contributed by atoms with Gasteiger partial charge in [-0.1, -0.05) is 11.8 Å². The van der Waals surface area contributed by atoms with Crippen LogP contribution >= 0.6 is 11.8 Å². The lowest BCUT2D eigenvalue weighted by atomic mass is 10.2. The van der Waals surface area contributed by atoms with Crippen LogP contribution in [0, 0.1) is 11.3 Å². The second kappa shape index (κ2) is 8.85. The summed E-state index contributed by atoms with van der Waals surface area (Å²) < 4.78 is 15.9. The SMILES string of the molecule is COc1cc(NC(=O)CSc2nc3c(cc2C#N)CCC3)cc(OC)c1OC. The van der Waals surface area contributed by atoms with Crippen molar-refractivity contribution in [2.24, 2.45) is 0 Å². The van der Waals surface area contributed by atoms with Crippen LogP contribution in [0.2, 0.25) is 0 Å². The molecule has 0 fully saturated rings. The fourth-order valence-corrected chi connectivity index (χ4v) is 3.90. The number of methoxy groups -OCH3 is 3. The zero-order valence-electron chi connectivity index (χ0n) is 16.0. The van der Waals surface area contributed by atoms with Gasteiger partial charge in [-0.15, -0.1) is 0 Å². The molecule has 8 heteroatoms. The lowest BCUT2D eigenvalue weighted by Gasteiger charge is -2.14. The molecule has 1 aliphatic rings. The van der Waals surface area contributed by atoms with Gasteiger partial charge in [-0.2, -0.15) is 5.26 Å². The van der Waals surface area contributed by atoms with Crippen LogP contribution in [-0.4, -0.2) is 38.0 Å². The molecule has 3 rings (SSSR count). The molecule has 28 heavy (non-hydrogen) atoms. The molecule has 0 aliphatic heterocycles. The van der Waals surface area contributed by atoms with E-state index in [9.17, 15) is 10.1 Å². The number of carbonyl (C=O) groups is 1. The quantitative estimate of drug-likeness (QED) is 0.715. The molecule has 0 saturated carbocycles. The Balaban J connectivity index is 1.71. The van der Waals surface area contributed by atoms with Crippen LogP contribution in [0.15, 0.2) is 23.2 Å². The van der Waals surface area contributed by atoms with E-state index < -0.39 is 0 Å². The van der Waals surface area contributed by atoms with E-state index in [1.165, 1.54) is 33.1 Å². The summed E-state index contributed by atoms with van der Waals surface area (Å²) in [5.74, 6) is 1.29. The number of ether oxygens (including phenoxy) is 3. The summed E-state index contributed by atoms with van der Waals surface area (Å²) in [6.07, 6.45) is 2.94. The average Bonchev–Trinajstić information content (AvgIpc) is 3.17. The molecule has 0 bridgehead atoms. The maximum Gasteiger partial charge on any atom is 0.234 e. The maximum atomic E-state index is 12.4. The lowest BCUT2D eigenvalue weighted by Crippen LogP contribution is -2.14. The number of nitriles is 1. The Labute approximate surface area is 168 Å². The first-order valence-corrected chi connectivity index (χ1v) is 9.73. The molecule has 146 valence electrons. The Morgan fingerprint density at radius 3 is 2.50 bits per heavy atom. The highest BCUT2D eigenvalue weighted by Gasteiger charge is 2.18. The fourth-order valence-electron chi connectivity index (χ4n) is 3.13. The predicted octanol–water partition coefficient (Wildman–Crippen LogP) is 3.20. The minimum Gasteiger partial charge on any atom is -0.493 e. The normalized spacial score (nSPS) is 12.1. The summed E-state index contributed by atoms with van der Waals surface area (Å²) in [5.41, 5.74) is 3.23. The van der Waals surface area contributed by atoms with Gasteiger partial charge in [-0.3, -0.25) is 4.79 Å². The largest absolute Gasteiger partial charge is 0.493 e. The number of fused-ring (bicyclic) bond motifs is 1. The number of carbonyl (C=O) groups excluding carboxylic acids is 1. The second-order valence-corrected chi connectivity index (χ2v) is 7.13. The Bertz CT molecular complexity index is 915. The molecule has 1 N–H and O–H groups in total. The molecule has 1 heterocycles. The van der Waals surface area contributed by atoms with Gasteiger partial charge in [0, 0.05) is 23.5 Å². The first-order chi connectivity index (χ1) is 13.6. The highest BCUT2D eigenvalue weighted by Crippen LogP contribution is 2.40. The molecule has 0 atom stereocenters. The third-order valence-corrected chi connectivity index (χ3v) is 5.42. The van der Waals surface area contributed by atoms with Crippen molar-refractivity contribution in [3.05, 3.63) is 35.0 Å². The van der Waals surface area contributed by atoms with Gasteiger partial charge in [0.25, 0.3) is 0 Å². The monoisotopic (exact) mass is 399 g/mol. The van der Waals surface area contributed by atoms with Crippen molar-refractivity contribution in [2.75, 3.05) is 32.4 Å². The molecule has 1 aromatic heterocycles. The molecule has 0 saturated heterocycles. The summed E-state index contributed by atoms with van der Waals surface area (Å²) in [5, 5.41) is 12.8. The summed E-state index contributed by atoms with van der Waals surface area (Å²) in [6, 6.07) is 7.41. The predicted molar refractivity (Wildman–Crippen MR) is 106 cm³/mol. The van der Waals surface area contributed by atoms with Crippen LogP contribution in [0.1, 0.15) is 23.2 Å². The molecule has 7 nitrogen and oxygen atoms in total. The Morgan fingerprint density at radius 1 is 1.18 bits per heavy atom. The Hall–Kier alpha value is -2.92. The fraction of sp³-hybridized carbons (Fsp3) is 0.350. The molecular formula is C20H21N3O4S. The van der Waals surface area contributed by atoms with Gasteiger partial charge >= 0.3 is 0 Å². The molecule has 1 amide bonds. The van der Waals surface area contributed by atoms with E-state index in [-0.39, 0.29) is 11.7 Å². The zero-order chi connectivity index (χ0) is 20.1. The van der Waals surface area contributed by atoms with E-state index in [0.29, 0.717) is 33.5 Å². The first-order valence-electron chi connectivity index (χ1n) is 8.75. The van der Waals surface area contributed by atoms with Gasteiger partial charge in [0.05, 0.1) is 32.6 Å². The van der Waals surface area contributed by atoms with E-state index in [0.717, 1.165) is 30.5 Å². The zero-order valence-corrected chi connectivity index (χ0v) is 16.8. The minimum atomic E-state index is -0.217. The number of hydrogen-bond acceptors (Lipinski definition) is 7. The van der Waals surface area contributed by atoms with E-state index in [1.807, 2.05) is 6.07 Å². The number of thioether (sulfide) groups is 1. The van der Waals surface area contributed by atoms with Crippen LogP contribution < -0.4 is 19.5 Å². The van der Waals surface area contributed by atoms with Gasteiger partial charge in [0.15, 0.2) is 11.5 Å². The van der Waals surface area contributed by atoms with Crippen LogP contribution in [0.4, 0.5) is 5.69 Å². The number of aryl methyl sites for hydroxylation is 2. The maximum absolute atomic E-state index is 12.4. The summed E-state index contributed by atoms with van der Waals surface area (Å²) in [7, 11) is 4.55. The number of hydrogen-bond donors (Lipinski definition) is 1. The third kappa shape index (κ3) is 4.15. The highest BCUT2D eigenvalue weighted by atomic mass is 32.2. The number of rotatable bonds is 7.